The predicted octanol–water partition coefficient (Wildman–Crippen LogP) is 6.25. The van der Waals surface area contributed by atoms with Crippen LogP contribution in [0.2, 0.25) is 5.02 Å². The summed E-state index contributed by atoms with van der Waals surface area (Å²) in [5.74, 6) is 1.67. The van der Waals surface area contributed by atoms with Gasteiger partial charge in [-0.15, -0.1) is 0 Å². The molecule has 2 unspecified atom stereocenters. The van der Waals surface area contributed by atoms with E-state index in [1.165, 1.54) is 24.5 Å². The van der Waals surface area contributed by atoms with Crippen LogP contribution in [0.3, 0.4) is 0 Å². The Morgan fingerprint density at radius 3 is 2.77 bits per heavy atom. The average molecular weight is 609 g/mol. The first-order valence-electron chi connectivity index (χ1n) is 15.1. The third-order valence-corrected chi connectivity index (χ3v) is 8.90. The molecule has 43 heavy (non-hydrogen) atoms. The largest absolute Gasteiger partial charge is 0.473 e. The Morgan fingerprint density at radius 2 is 2.05 bits per heavy atom. The molecule has 5 rings (SSSR count). The van der Waals surface area contributed by atoms with Gasteiger partial charge in [0.25, 0.3) is 0 Å². The van der Waals surface area contributed by atoms with Crippen molar-refractivity contribution in [3.05, 3.63) is 88.5 Å². The van der Waals surface area contributed by atoms with Crippen molar-refractivity contribution in [2.45, 2.75) is 45.8 Å². The third-order valence-electron chi connectivity index (χ3n) is 8.66. The Hall–Kier alpha value is -3.20. The Kier molecular flexibility index (Phi) is 10.2. The summed E-state index contributed by atoms with van der Waals surface area (Å²) in [6.07, 6.45) is 7.48. The number of carbonyl (C=O) groups is 1. The molecule has 0 bridgehead atoms. The number of Topliss-reactive ketones (excluding diaryl/α,β-unsaturated/α-hetero) is 1. The van der Waals surface area contributed by atoms with E-state index in [1.54, 1.807) is 32.2 Å². The van der Waals surface area contributed by atoms with Crippen LogP contribution in [-0.4, -0.2) is 73.0 Å². The molecule has 2 aliphatic carbocycles. The van der Waals surface area contributed by atoms with E-state index < -0.39 is 0 Å². The number of aromatic nitrogens is 1. The van der Waals surface area contributed by atoms with Gasteiger partial charge in [0.2, 0.25) is 5.88 Å². The summed E-state index contributed by atoms with van der Waals surface area (Å²) < 4.78 is 25.5. The molecular formula is C34H42ClFN4O3. The van der Waals surface area contributed by atoms with E-state index in [9.17, 15) is 9.18 Å². The fraction of sp³-hybridized carbons (Fsp3) is 0.471. The number of rotatable bonds is 13. The van der Waals surface area contributed by atoms with E-state index in [0.29, 0.717) is 41.6 Å². The standard InChI is InChI=1S/C34H42ClFN4O3/c1-23-8-9-27(25(3)41)18-31(23)40(16-17-42-4)24(2)20-38-14-15-39(21-32(38)26-10-11-26)33-6-5-7-34(37-33)43-22-28-12-13-29(35)19-30(28)36/h5-8,12-13,18-19,26-27,32H,2,9-11,14-17,20-22H2,1,3-4H3. The maximum Gasteiger partial charge on any atom is 0.215 e. The van der Waals surface area contributed by atoms with Crippen molar-refractivity contribution in [3.8, 4) is 5.88 Å². The van der Waals surface area contributed by atoms with Gasteiger partial charge in [-0.2, -0.15) is 4.98 Å². The molecule has 2 aromatic rings. The summed E-state index contributed by atoms with van der Waals surface area (Å²) in [6.45, 7) is 13.0. The highest BCUT2D eigenvalue weighted by molar-refractivity contribution is 6.30. The molecule has 0 spiro atoms. The normalized spacial score (nSPS) is 20.8. The molecule has 1 saturated heterocycles. The highest BCUT2D eigenvalue weighted by Gasteiger charge is 2.39. The molecule has 3 aliphatic rings. The first-order valence-corrected chi connectivity index (χ1v) is 15.5. The van der Waals surface area contributed by atoms with E-state index in [4.69, 9.17) is 26.1 Å². The van der Waals surface area contributed by atoms with Crippen LogP contribution >= 0.6 is 11.6 Å². The van der Waals surface area contributed by atoms with Gasteiger partial charge in [-0.25, -0.2) is 4.39 Å². The maximum absolute atomic E-state index is 14.2. The van der Waals surface area contributed by atoms with Crippen molar-refractivity contribution >= 4 is 23.2 Å². The van der Waals surface area contributed by atoms with Crippen molar-refractivity contribution in [2.24, 2.45) is 11.8 Å². The molecule has 2 fully saturated rings. The molecule has 9 heteroatoms. The number of piperazine rings is 1. The first kappa shape index (κ1) is 31.2. The Bertz CT molecular complexity index is 1390. The maximum atomic E-state index is 14.2. The van der Waals surface area contributed by atoms with Crippen LogP contribution in [0, 0.1) is 17.7 Å². The van der Waals surface area contributed by atoms with Crippen molar-refractivity contribution in [3.63, 3.8) is 0 Å². The lowest BCUT2D eigenvalue weighted by molar-refractivity contribution is -0.119. The number of halogens is 2. The van der Waals surface area contributed by atoms with Gasteiger partial charge in [0.1, 0.15) is 24.0 Å². The fourth-order valence-corrected chi connectivity index (χ4v) is 6.13. The lowest BCUT2D eigenvalue weighted by Crippen LogP contribution is -2.55. The molecule has 1 saturated carbocycles. The number of methoxy groups -OCH3 is 1. The van der Waals surface area contributed by atoms with Crippen molar-refractivity contribution in [1.29, 1.82) is 0 Å². The summed E-state index contributed by atoms with van der Waals surface area (Å²) in [4.78, 5) is 24.1. The molecule has 2 heterocycles. The number of benzene rings is 1. The van der Waals surface area contributed by atoms with E-state index in [1.807, 2.05) is 12.1 Å². The zero-order chi connectivity index (χ0) is 30.5. The lowest BCUT2D eigenvalue weighted by atomic mass is 9.91. The summed E-state index contributed by atoms with van der Waals surface area (Å²) >= 11 is 5.88. The second kappa shape index (κ2) is 14.1. The Morgan fingerprint density at radius 1 is 1.23 bits per heavy atom. The van der Waals surface area contributed by atoms with Crippen molar-refractivity contribution < 1.29 is 18.7 Å². The minimum Gasteiger partial charge on any atom is -0.473 e. The van der Waals surface area contributed by atoms with Gasteiger partial charge in [0.15, 0.2) is 0 Å². The van der Waals surface area contributed by atoms with Crippen LogP contribution in [0.5, 0.6) is 5.88 Å². The fourth-order valence-electron chi connectivity index (χ4n) is 5.97. The molecule has 0 N–H and O–H groups in total. The van der Waals surface area contributed by atoms with E-state index in [0.717, 1.165) is 49.8 Å². The Labute approximate surface area is 259 Å². The number of allylic oxidation sites excluding steroid dienone is 3. The lowest BCUT2D eigenvalue weighted by Gasteiger charge is -2.44. The van der Waals surface area contributed by atoms with Gasteiger partial charge in [-0.3, -0.25) is 9.69 Å². The zero-order valence-electron chi connectivity index (χ0n) is 25.4. The number of anilines is 1. The predicted molar refractivity (Wildman–Crippen MR) is 169 cm³/mol. The molecule has 1 aromatic heterocycles. The number of hydrogen-bond donors (Lipinski definition) is 0. The quantitative estimate of drug-likeness (QED) is 0.266. The first-order chi connectivity index (χ1) is 20.7. The van der Waals surface area contributed by atoms with Gasteiger partial charge in [0.05, 0.1) is 6.61 Å². The molecule has 0 amide bonds. The van der Waals surface area contributed by atoms with Gasteiger partial charge in [-0.1, -0.05) is 36.4 Å². The molecule has 0 radical (unpaired) electrons. The van der Waals surface area contributed by atoms with Gasteiger partial charge in [-0.05, 0) is 68.9 Å². The van der Waals surface area contributed by atoms with Crippen LogP contribution in [-0.2, 0) is 16.1 Å². The van der Waals surface area contributed by atoms with Crippen molar-refractivity contribution in [2.75, 3.05) is 51.3 Å². The minimum atomic E-state index is -0.390. The van der Waals surface area contributed by atoms with Crippen molar-refractivity contribution in [1.82, 2.24) is 14.8 Å². The monoisotopic (exact) mass is 608 g/mol. The number of carbonyl (C=O) groups excluding carboxylic acids is 1. The highest BCUT2D eigenvalue weighted by Crippen LogP contribution is 2.38. The van der Waals surface area contributed by atoms with Crippen LogP contribution in [0.1, 0.15) is 38.7 Å². The molecule has 7 nitrogen and oxygen atoms in total. The van der Waals surface area contributed by atoms with E-state index >= 15 is 0 Å². The number of pyridine rings is 1. The molecule has 230 valence electrons. The van der Waals surface area contributed by atoms with E-state index in [-0.39, 0.29) is 24.1 Å². The second-order valence-electron chi connectivity index (χ2n) is 11.8. The summed E-state index contributed by atoms with van der Waals surface area (Å²) in [6, 6.07) is 10.7. The highest BCUT2D eigenvalue weighted by atomic mass is 35.5. The zero-order valence-corrected chi connectivity index (χ0v) is 26.2. The number of ketones is 1. The summed E-state index contributed by atoms with van der Waals surface area (Å²) in [7, 11) is 1.71. The Balaban J connectivity index is 1.26. The average Bonchev–Trinajstić information content (AvgIpc) is 3.84. The van der Waals surface area contributed by atoms with Crippen LogP contribution in [0.4, 0.5) is 10.2 Å². The van der Waals surface area contributed by atoms with E-state index in [2.05, 4.69) is 40.4 Å². The van der Waals surface area contributed by atoms with Gasteiger partial charge < -0.3 is 19.3 Å². The summed E-state index contributed by atoms with van der Waals surface area (Å²) in [5.41, 5.74) is 3.69. The number of nitrogens with zero attached hydrogens (tertiary/aromatic N) is 4. The van der Waals surface area contributed by atoms with Gasteiger partial charge in [0, 0.05) is 79.8 Å². The van der Waals surface area contributed by atoms with Crippen LogP contribution in [0.25, 0.3) is 0 Å². The smallest absolute Gasteiger partial charge is 0.215 e. The number of hydrogen-bond acceptors (Lipinski definition) is 7. The topological polar surface area (TPSA) is 58.1 Å². The summed E-state index contributed by atoms with van der Waals surface area (Å²) in [5, 5.41) is 0.358. The third kappa shape index (κ3) is 7.85. The second-order valence-corrected chi connectivity index (χ2v) is 12.2. The van der Waals surface area contributed by atoms with Crippen LogP contribution < -0.4 is 9.64 Å². The SMILES string of the molecule is C=C(CN1CCN(c2cccc(OCc3ccc(Cl)cc3F)n2)CC1C1CC1)N(CCOC)C1=CC(C(C)=O)CC=C1C. The molecule has 1 aromatic carbocycles. The minimum absolute atomic E-state index is 0.0812. The number of ether oxygens (including phenoxy) is 2. The molecule has 2 atom stereocenters. The molecular weight excluding hydrogens is 567 g/mol. The van der Waals surface area contributed by atoms with Gasteiger partial charge >= 0.3 is 0 Å². The van der Waals surface area contributed by atoms with Crippen LogP contribution in [0.15, 0.2) is 72.1 Å². The molecule has 1 aliphatic heterocycles.